The first kappa shape index (κ1) is 13.1. The highest BCUT2D eigenvalue weighted by Gasteiger charge is 2.17. The molecular formula is C12H18N2O4. The van der Waals surface area contributed by atoms with Crippen molar-refractivity contribution >= 4 is 0 Å². The predicted molar refractivity (Wildman–Crippen MR) is 65.4 cm³/mol. The van der Waals surface area contributed by atoms with Crippen LogP contribution in [0.1, 0.15) is 5.76 Å². The van der Waals surface area contributed by atoms with Gasteiger partial charge in [0.05, 0.1) is 13.2 Å². The topological polar surface area (TPSA) is 77.2 Å². The van der Waals surface area contributed by atoms with Crippen molar-refractivity contribution in [3.63, 3.8) is 0 Å². The van der Waals surface area contributed by atoms with Gasteiger partial charge in [-0.25, -0.2) is 0 Å². The minimum atomic E-state index is -0.407. The summed E-state index contributed by atoms with van der Waals surface area (Å²) in [5.41, 5.74) is -0.407. The molecule has 1 aliphatic rings. The second kappa shape index (κ2) is 5.99. The molecule has 1 saturated heterocycles. The Balaban J connectivity index is 1.87. The number of nitrogens with zero attached hydrogens (tertiary/aromatic N) is 2. The molecule has 6 nitrogen and oxygen atoms in total. The summed E-state index contributed by atoms with van der Waals surface area (Å²) in [5, 5.41) is 17.9. The third-order valence-electron chi connectivity index (χ3n) is 3.13. The molecule has 1 aromatic heterocycles. The molecule has 100 valence electrons. The van der Waals surface area contributed by atoms with Gasteiger partial charge < -0.3 is 14.6 Å². The zero-order chi connectivity index (χ0) is 13.0. The molecule has 0 amide bonds. The van der Waals surface area contributed by atoms with Crippen LogP contribution in [-0.4, -0.2) is 59.3 Å². The molecule has 6 heteroatoms. The smallest absolute Gasteiger partial charge is 0.226 e. The van der Waals surface area contributed by atoms with Gasteiger partial charge in [-0.15, -0.1) is 0 Å². The molecule has 2 rings (SSSR count). The van der Waals surface area contributed by atoms with E-state index in [0.29, 0.717) is 18.8 Å². The molecule has 0 bridgehead atoms. The van der Waals surface area contributed by atoms with Gasteiger partial charge in [0.1, 0.15) is 12.0 Å². The van der Waals surface area contributed by atoms with Crippen LogP contribution < -0.4 is 5.43 Å². The molecule has 2 heterocycles. The molecular weight excluding hydrogens is 236 g/mol. The van der Waals surface area contributed by atoms with Crippen molar-refractivity contribution in [3.8, 4) is 5.75 Å². The van der Waals surface area contributed by atoms with Crippen molar-refractivity contribution in [2.45, 2.75) is 6.54 Å². The summed E-state index contributed by atoms with van der Waals surface area (Å²) >= 11 is 0. The first-order chi connectivity index (χ1) is 8.69. The summed E-state index contributed by atoms with van der Waals surface area (Å²) in [7, 11) is 0. The van der Waals surface area contributed by atoms with Gasteiger partial charge in [-0.3, -0.25) is 14.6 Å². The lowest BCUT2D eigenvalue weighted by molar-refractivity contribution is 0.103. The normalized spacial score (nSPS) is 18.1. The van der Waals surface area contributed by atoms with E-state index in [0.717, 1.165) is 32.4 Å². The Labute approximate surface area is 105 Å². The number of aliphatic hydroxyl groups excluding tert-OH is 1. The summed E-state index contributed by atoms with van der Waals surface area (Å²) in [6.07, 6.45) is 1.08. The number of aromatic hydroxyl groups is 1. The Morgan fingerprint density at radius 2 is 1.89 bits per heavy atom. The van der Waals surface area contributed by atoms with E-state index in [4.69, 9.17) is 14.6 Å². The number of piperazine rings is 1. The van der Waals surface area contributed by atoms with Crippen molar-refractivity contribution < 1.29 is 14.6 Å². The van der Waals surface area contributed by atoms with Crippen molar-refractivity contribution in [1.29, 1.82) is 0 Å². The molecule has 1 fully saturated rings. The van der Waals surface area contributed by atoms with E-state index in [2.05, 4.69) is 9.80 Å². The maximum Gasteiger partial charge on any atom is 0.226 e. The lowest BCUT2D eigenvalue weighted by Crippen LogP contribution is -2.46. The van der Waals surface area contributed by atoms with Gasteiger partial charge in [0.15, 0.2) is 5.75 Å². The Kier molecular flexibility index (Phi) is 4.35. The predicted octanol–water partition coefficient (Wildman–Crippen LogP) is -0.545. The highest BCUT2D eigenvalue weighted by atomic mass is 16.4. The standard InChI is InChI=1S/C12H18N2O4/c15-6-5-13-1-3-14(4-2-13)8-10-7-11(16)12(17)9-18-10/h7,9,15,17H,1-6,8H2. The number of aliphatic hydroxyl groups is 1. The first-order valence-electron chi connectivity index (χ1n) is 6.05. The van der Waals surface area contributed by atoms with Gasteiger partial charge in [0.25, 0.3) is 0 Å². The van der Waals surface area contributed by atoms with Crippen LogP contribution in [0.5, 0.6) is 5.75 Å². The SMILES string of the molecule is O=c1cc(CN2CCN(CCO)CC2)occ1O. The van der Waals surface area contributed by atoms with Gasteiger partial charge in [0.2, 0.25) is 5.43 Å². The van der Waals surface area contributed by atoms with E-state index in [1.807, 2.05) is 0 Å². The minimum Gasteiger partial charge on any atom is -0.502 e. The van der Waals surface area contributed by atoms with Crippen LogP contribution in [0.3, 0.4) is 0 Å². The van der Waals surface area contributed by atoms with Crippen LogP contribution in [0.15, 0.2) is 21.5 Å². The maximum atomic E-state index is 11.3. The number of β-amino-alcohol motifs (C(OH)–C–C–N with tert-alkyl or cyclic N) is 1. The van der Waals surface area contributed by atoms with E-state index in [1.165, 1.54) is 6.07 Å². The molecule has 0 unspecified atom stereocenters. The van der Waals surface area contributed by atoms with Crippen molar-refractivity contribution in [1.82, 2.24) is 9.80 Å². The Morgan fingerprint density at radius 1 is 1.22 bits per heavy atom. The van der Waals surface area contributed by atoms with Gasteiger partial charge in [-0.1, -0.05) is 0 Å². The van der Waals surface area contributed by atoms with E-state index in [1.54, 1.807) is 0 Å². The van der Waals surface area contributed by atoms with Crippen LogP contribution in [0.2, 0.25) is 0 Å². The average molecular weight is 254 g/mol. The Hall–Kier alpha value is -1.37. The highest BCUT2D eigenvalue weighted by molar-refractivity contribution is 5.15. The molecule has 0 atom stereocenters. The van der Waals surface area contributed by atoms with Crippen molar-refractivity contribution in [2.24, 2.45) is 0 Å². The summed E-state index contributed by atoms with van der Waals surface area (Å²) in [5.74, 6) is 0.208. The van der Waals surface area contributed by atoms with Gasteiger partial charge in [-0.05, 0) is 0 Å². The van der Waals surface area contributed by atoms with Gasteiger partial charge >= 0.3 is 0 Å². The fourth-order valence-electron chi connectivity index (χ4n) is 2.06. The fourth-order valence-corrected chi connectivity index (χ4v) is 2.06. The van der Waals surface area contributed by atoms with E-state index >= 15 is 0 Å². The van der Waals surface area contributed by atoms with E-state index in [9.17, 15) is 4.79 Å². The fraction of sp³-hybridized carbons (Fsp3) is 0.583. The van der Waals surface area contributed by atoms with Crippen LogP contribution in [0.4, 0.5) is 0 Å². The third kappa shape index (κ3) is 3.32. The lowest BCUT2D eigenvalue weighted by Gasteiger charge is -2.33. The summed E-state index contributed by atoms with van der Waals surface area (Å²) in [6, 6.07) is 1.33. The molecule has 0 spiro atoms. The van der Waals surface area contributed by atoms with Crippen LogP contribution in [-0.2, 0) is 6.54 Å². The van der Waals surface area contributed by atoms with Crippen LogP contribution in [0, 0.1) is 0 Å². The second-order valence-electron chi connectivity index (χ2n) is 4.44. The zero-order valence-electron chi connectivity index (χ0n) is 10.2. The number of hydrogen-bond donors (Lipinski definition) is 2. The monoisotopic (exact) mass is 254 g/mol. The zero-order valence-corrected chi connectivity index (χ0v) is 10.2. The number of rotatable bonds is 4. The van der Waals surface area contributed by atoms with E-state index in [-0.39, 0.29) is 12.4 Å². The molecule has 18 heavy (non-hydrogen) atoms. The minimum absolute atomic E-state index is 0.187. The Morgan fingerprint density at radius 3 is 2.50 bits per heavy atom. The maximum absolute atomic E-state index is 11.3. The summed E-state index contributed by atoms with van der Waals surface area (Å²) < 4.78 is 5.17. The second-order valence-corrected chi connectivity index (χ2v) is 4.44. The van der Waals surface area contributed by atoms with Gasteiger partial charge in [-0.2, -0.15) is 0 Å². The Bertz CT molecular complexity index is 438. The van der Waals surface area contributed by atoms with E-state index < -0.39 is 5.43 Å². The average Bonchev–Trinajstić information content (AvgIpc) is 2.37. The summed E-state index contributed by atoms with van der Waals surface area (Å²) in [6.45, 7) is 5.04. The molecule has 0 aliphatic carbocycles. The molecule has 2 N–H and O–H groups in total. The number of hydrogen-bond acceptors (Lipinski definition) is 6. The van der Waals surface area contributed by atoms with Crippen molar-refractivity contribution in [2.75, 3.05) is 39.3 Å². The van der Waals surface area contributed by atoms with Crippen LogP contribution in [0.25, 0.3) is 0 Å². The quantitative estimate of drug-likeness (QED) is 0.751. The molecule has 0 radical (unpaired) electrons. The van der Waals surface area contributed by atoms with Gasteiger partial charge in [0, 0.05) is 38.8 Å². The molecule has 0 aromatic carbocycles. The first-order valence-corrected chi connectivity index (χ1v) is 6.05. The largest absolute Gasteiger partial charge is 0.502 e. The molecule has 1 aliphatic heterocycles. The van der Waals surface area contributed by atoms with Crippen molar-refractivity contribution in [3.05, 3.63) is 28.3 Å². The molecule has 0 saturated carbocycles. The highest BCUT2D eigenvalue weighted by Crippen LogP contribution is 2.09. The third-order valence-corrected chi connectivity index (χ3v) is 3.13. The molecule has 1 aromatic rings. The van der Waals surface area contributed by atoms with Crippen LogP contribution >= 0.6 is 0 Å². The lowest BCUT2D eigenvalue weighted by atomic mass is 10.3. The summed E-state index contributed by atoms with van der Waals surface area (Å²) in [4.78, 5) is 15.6.